The second kappa shape index (κ2) is 7.54. The molecule has 1 aliphatic rings. The third kappa shape index (κ3) is 4.62. The highest BCUT2D eigenvalue weighted by Gasteiger charge is 2.21. The van der Waals surface area contributed by atoms with E-state index in [1.165, 1.54) is 6.08 Å². The first-order valence-corrected chi connectivity index (χ1v) is 6.29. The van der Waals surface area contributed by atoms with Gasteiger partial charge in [-0.15, -0.1) is 12.3 Å². The zero-order valence-electron chi connectivity index (χ0n) is 10.7. The average Bonchev–Trinajstić information content (AvgIpc) is 2.39. The molecule has 98 valence electrons. The van der Waals surface area contributed by atoms with Crippen LogP contribution in [0.3, 0.4) is 0 Å². The third-order valence-corrected chi connectivity index (χ3v) is 3.20. The predicted octanol–water partition coefficient (Wildman–Crippen LogP) is 0.941. The number of nitrogens with zero attached hydrogens (tertiary/aromatic N) is 1. The van der Waals surface area contributed by atoms with Crippen LogP contribution in [-0.2, 0) is 9.59 Å². The van der Waals surface area contributed by atoms with E-state index >= 15 is 0 Å². The van der Waals surface area contributed by atoms with Gasteiger partial charge in [0.25, 0.3) is 0 Å². The maximum absolute atomic E-state index is 11.8. The topological polar surface area (TPSA) is 49.4 Å². The zero-order chi connectivity index (χ0) is 13.4. The van der Waals surface area contributed by atoms with Gasteiger partial charge in [0.1, 0.15) is 0 Å². The van der Waals surface area contributed by atoms with Gasteiger partial charge >= 0.3 is 0 Å². The smallest absolute Gasteiger partial charge is 0.243 e. The van der Waals surface area contributed by atoms with Gasteiger partial charge in [0.15, 0.2) is 0 Å². The molecule has 0 spiro atoms. The fourth-order valence-electron chi connectivity index (χ4n) is 2.08. The van der Waals surface area contributed by atoms with Gasteiger partial charge in [0.2, 0.25) is 11.8 Å². The summed E-state index contributed by atoms with van der Waals surface area (Å²) in [6, 6.07) is 0. The van der Waals surface area contributed by atoms with Crippen LogP contribution < -0.4 is 5.32 Å². The highest BCUT2D eigenvalue weighted by molar-refractivity contribution is 5.87. The van der Waals surface area contributed by atoms with Crippen LogP contribution in [-0.4, -0.2) is 36.3 Å². The lowest BCUT2D eigenvalue weighted by Crippen LogP contribution is -2.39. The Balaban J connectivity index is 2.22. The molecular formula is C14H20N2O2. The molecule has 0 aromatic carbocycles. The molecule has 1 fully saturated rings. The van der Waals surface area contributed by atoms with Gasteiger partial charge < -0.3 is 10.2 Å². The number of likely N-dealkylation sites (tertiary alicyclic amines) is 1. The van der Waals surface area contributed by atoms with Crippen molar-refractivity contribution in [2.75, 3.05) is 19.6 Å². The van der Waals surface area contributed by atoms with Crippen LogP contribution in [0, 0.1) is 18.3 Å². The Bertz CT molecular complexity index is 349. The lowest BCUT2D eigenvalue weighted by atomic mass is 9.94. The number of carbonyl (C=O) groups is 2. The maximum atomic E-state index is 11.8. The molecule has 0 bridgehead atoms. The quantitative estimate of drug-likeness (QED) is 0.581. The van der Waals surface area contributed by atoms with Crippen LogP contribution >= 0.6 is 0 Å². The van der Waals surface area contributed by atoms with Crippen molar-refractivity contribution in [3.63, 3.8) is 0 Å². The molecule has 0 radical (unpaired) electrons. The number of terminal acetylenes is 1. The Morgan fingerprint density at radius 2 is 2.11 bits per heavy atom. The number of hydrogen-bond acceptors (Lipinski definition) is 2. The normalized spacial score (nSPS) is 15.8. The van der Waals surface area contributed by atoms with Gasteiger partial charge in [-0.25, -0.2) is 0 Å². The molecule has 1 rings (SSSR count). The molecule has 4 nitrogen and oxygen atoms in total. The van der Waals surface area contributed by atoms with Crippen molar-refractivity contribution in [3.8, 4) is 12.3 Å². The van der Waals surface area contributed by atoms with E-state index in [0.717, 1.165) is 32.4 Å². The molecule has 0 unspecified atom stereocenters. The van der Waals surface area contributed by atoms with Gasteiger partial charge in [-0.2, -0.15) is 0 Å². The van der Waals surface area contributed by atoms with Gasteiger partial charge in [0, 0.05) is 32.5 Å². The van der Waals surface area contributed by atoms with Gasteiger partial charge in [-0.05, 0) is 24.8 Å². The summed E-state index contributed by atoms with van der Waals surface area (Å²) in [5, 5.41) is 2.60. The van der Waals surface area contributed by atoms with E-state index in [1.54, 1.807) is 0 Å². The minimum Gasteiger partial charge on any atom is -0.352 e. The van der Waals surface area contributed by atoms with Gasteiger partial charge in [0.05, 0.1) is 0 Å². The fraction of sp³-hybridized carbons (Fsp3) is 0.571. The summed E-state index contributed by atoms with van der Waals surface area (Å²) in [6.07, 6.45) is 9.60. The fourth-order valence-corrected chi connectivity index (χ4v) is 2.08. The second-order valence-corrected chi connectivity index (χ2v) is 4.48. The van der Waals surface area contributed by atoms with E-state index in [0.29, 0.717) is 18.9 Å². The molecule has 0 aromatic heterocycles. The lowest BCUT2D eigenvalue weighted by Gasteiger charge is -2.31. The summed E-state index contributed by atoms with van der Waals surface area (Å²) in [4.78, 5) is 24.6. The molecular weight excluding hydrogens is 228 g/mol. The second-order valence-electron chi connectivity index (χ2n) is 4.48. The first-order valence-electron chi connectivity index (χ1n) is 6.29. The molecule has 1 aliphatic heterocycles. The van der Waals surface area contributed by atoms with Crippen molar-refractivity contribution in [1.82, 2.24) is 10.2 Å². The van der Waals surface area contributed by atoms with Crippen LogP contribution in [0.25, 0.3) is 0 Å². The molecule has 1 saturated heterocycles. The zero-order valence-corrected chi connectivity index (χ0v) is 10.7. The van der Waals surface area contributed by atoms with E-state index in [2.05, 4.69) is 17.8 Å². The summed E-state index contributed by atoms with van der Waals surface area (Å²) in [5.41, 5.74) is 0. The Kier molecular flexibility index (Phi) is 5.99. The van der Waals surface area contributed by atoms with Gasteiger partial charge in [-0.3, -0.25) is 9.59 Å². The number of nitrogens with one attached hydrogen (secondary N) is 1. The summed E-state index contributed by atoms with van der Waals surface area (Å²) in [5.74, 6) is 3.09. The van der Waals surface area contributed by atoms with Crippen LogP contribution in [0.4, 0.5) is 0 Å². The molecule has 0 saturated carbocycles. The third-order valence-electron chi connectivity index (χ3n) is 3.20. The van der Waals surface area contributed by atoms with Crippen LogP contribution in [0.1, 0.15) is 25.7 Å². The summed E-state index contributed by atoms with van der Waals surface area (Å²) in [6.45, 7) is 5.28. The number of rotatable bonds is 5. The van der Waals surface area contributed by atoms with Crippen molar-refractivity contribution in [2.24, 2.45) is 5.92 Å². The Morgan fingerprint density at radius 1 is 1.44 bits per heavy atom. The molecule has 1 N–H and O–H groups in total. The molecule has 2 amide bonds. The highest BCUT2D eigenvalue weighted by atomic mass is 16.2. The summed E-state index contributed by atoms with van der Waals surface area (Å²) < 4.78 is 0. The number of amides is 2. The molecule has 0 aromatic rings. The van der Waals surface area contributed by atoms with E-state index < -0.39 is 0 Å². The minimum atomic E-state index is -0.240. The largest absolute Gasteiger partial charge is 0.352 e. The number of carbonyl (C=O) groups excluding carboxylic acids is 2. The first kappa shape index (κ1) is 14.3. The SMILES string of the molecule is C#CCC1CCN(C(=O)CCNC(=O)C=C)CC1. The van der Waals surface area contributed by atoms with E-state index in [9.17, 15) is 9.59 Å². The molecule has 1 heterocycles. The maximum Gasteiger partial charge on any atom is 0.243 e. The van der Waals surface area contributed by atoms with E-state index in [-0.39, 0.29) is 11.8 Å². The van der Waals surface area contributed by atoms with Crippen LogP contribution in [0.15, 0.2) is 12.7 Å². The molecule has 0 aliphatic carbocycles. The average molecular weight is 248 g/mol. The molecule has 0 atom stereocenters. The van der Waals surface area contributed by atoms with Crippen molar-refractivity contribution in [3.05, 3.63) is 12.7 Å². The van der Waals surface area contributed by atoms with Crippen LogP contribution in [0.2, 0.25) is 0 Å². The Morgan fingerprint density at radius 3 is 2.67 bits per heavy atom. The van der Waals surface area contributed by atoms with Crippen molar-refractivity contribution >= 4 is 11.8 Å². The summed E-state index contributed by atoms with van der Waals surface area (Å²) in [7, 11) is 0. The predicted molar refractivity (Wildman–Crippen MR) is 70.6 cm³/mol. The van der Waals surface area contributed by atoms with Crippen LogP contribution in [0.5, 0.6) is 0 Å². The Labute approximate surface area is 108 Å². The Hall–Kier alpha value is -1.76. The standard InChI is InChI=1S/C14H20N2O2/c1-3-5-12-7-10-16(11-8-12)14(18)6-9-15-13(17)4-2/h1,4,12H,2,5-11H2,(H,15,17). The summed E-state index contributed by atoms with van der Waals surface area (Å²) >= 11 is 0. The van der Waals surface area contributed by atoms with E-state index in [1.807, 2.05) is 4.90 Å². The monoisotopic (exact) mass is 248 g/mol. The van der Waals surface area contributed by atoms with E-state index in [4.69, 9.17) is 6.42 Å². The molecule has 4 heteroatoms. The minimum absolute atomic E-state index is 0.0959. The molecule has 18 heavy (non-hydrogen) atoms. The van der Waals surface area contributed by atoms with Crippen molar-refractivity contribution < 1.29 is 9.59 Å². The van der Waals surface area contributed by atoms with Gasteiger partial charge in [-0.1, -0.05) is 6.58 Å². The first-order chi connectivity index (χ1) is 8.67. The lowest BCUT2D eigenvalue weighted by molar-refractivity contribution is -0.132. The number of piperidine rings is 1. The highest BCUT2D eigenvalue weighted by Crippen LogP contribution is 2.20. The van der Waals surface area contributed by atoms with Crippen molar-refractivity contribution in [2.45, 2.75) is 25.7 Å². The number of hydrogen-bond donors (Lipinski definition) is 1. The van der Waals surface area contributed by atoms with Crippen molar-refractivity contribution in [1.29, 1.82) is 0 Å².